The lowest BCUT2D eigenvalue weighted by Gasteiger charge is -2.38. The summed E-state index contributed by atoms with van der Waals surface area (Å²) >= 11 is 0. The van der Waals surface area contributed by atoms with Crippen LogP contribution < -0.4 is 0 Å². The van der Waals surface area contributed by atoms with Gasteiger partial charge in [-0.3, -0.25) is 4.79 Å². The molecule has 0 saturated heterocycles. The molecule has 3 nitrogen and oxygen atoms in total. The van der Waals surface area contributed by atoms with Gasteiger partial charge in [-0.25, -0.2) is 4.39 Å². The zero-order valence-electron chi connectivity index (χ0n) is 14.3. The molecule has 0 bridgehead atoms. The summed E-state index contributed by atoms with van der Waals surface area (Å²) in [6.45, 7) is 3.10. The van der Waals surface area contributed by atoms with E-state index < -0.39 is 30.2 Å². The zero-order chi connectivity index (χ0) is 18.9. The molecule has 25 heavy (non-hydrogen) atoms. The maximum absolute atomic E-state index is 14.9. The van der Waals surface area contributed by atoms with Gasteiger partial charge in [0, 0.05) is 12.6 Å². The summed E-state index contributed by atoms with van der Waals surface area (Å²) in [6.07, 6.45) is -1.11. The van der Waals surface area contributed by atoms with E-state index in [1.807, 2.05) is 0 Å². The second-order valence-electron chi connectivity index (χ2n) is 6.46. The Morgan fingerprint density at radius 2 is 1.76 bits per heavy atom. The van der Waals surface area contributed by atoms with Crippen molar-refractivity contribution < 1.29 is 31.8 Å². The fourth-order valence-corrected chi connectivity index (χ4v) is 3.23. The van der Waals surface area contributed by atoms with Crippen molar-refractivity contribution in [3.63, 3.8) is 0 Å². The predicted octanol–water partition coefficient (Wildman–Crippen LogP) is 5.07. The van der Waals surface area contributed by atoms with Crippen LogP contribution >= 0.6 is 0 Å². The van der Waals surface area contributed by atoms with Crippen molar-refractivity contribution in [2.75, 3.05) is 13.2 Å². The van der Waals surface area contributed by atoms with Crippen molar-refractivity contribution in [3.8, 4) is 0 Å². The van der Waals surface area contributed by atoms with Crippen molar-refractivity contribution in [2.24, 2.45) is 0 Å². The van der Waals surface area contributed by atoms with Gasteiger partial charge in [0.1, 0.15) is 0 Å². The Hall–Kier alpha value is -1.18. The third-order valence-corrected chi connectivity index (χ3v) is 4.63. The highest BCUT2D eigenvalue weighted by molar-refractivity contribution is 5.86. The molecular formula is C17H26F5NO2. The molecule has 146 valence electrons. The van der Waals surface area contributed by atoms with Gasteiger partial charge in [-0.2, -0.15) is 18.1 Å². The Morgan fingerprint density at radius 1 is 1.12 bits per heavy atom. The molecule has 1 atom stereocenters. The number of unbranched alkanes of at least 4 members (excludes halogenated alkanes) is 2. The summed E-state index contributed by atoms with van der Waals surface area (Å²) < 4.78 is 66.5. The first-order valence-corrected chi connectivity index (χ1v) is 8.69. The number of halogens is 5. The molecular weight excluding hydrogens is 345 g/mol. The van der Waals surface area contributed by atoms with Crippen LogP contribution in [-0.2, 0) is 9.74 Å². The molecule has 0 aromatic rings. The molecule has 0 aromatic heterocycles. The quantitative estimate of drug-likeness (QED) is 0.305. The molecule has 1 rings (SSSR count). The van der Waals surface area contributed by atoms with Crippen molar-refractivity contribution in [1.82, 2.24) is 4.90 Å². The van der Waals surface area contributed by atoms with E-state index in [0.29, 0.717) is 12.8 Å². The first-order chi connectivity index (χ1) is 11.8. The van der Waals surface area contributed by atoms with Crippen LogP contribution in [-0.4, -0.2) is 41.8 Å². The average molecular weight is 371 g/mol. The summed E-state index contributed by atoms with van der Waals surface area (Å²) in [7, 11) is 0. The maximum Gasteiger partial charge on any atom is 0.431 e. The van der Waals surface area contributed by atoms with Gasteiger partial charge in [0.2, 0.25) is 0 Å². The van der Waals surface area contributed by atoms with Crippen LogP contribution in [0.2, 0.25) is 0 Å². The Balaban J connectivity index is 2.89. The van der Waals surface area contributed by atoms with E-state index in [2.05, 4.69) is 11.5 Å². The monoisotopic (exact) mass is 371 g/mol. The van der Waals surface area contributed by atoms with Crippen LogP contribution in [0.25, 0.3) is 0 Å². The molecule has 0 radical (unpaired) electrons. The smallest absolute Gasteiger partial charge is 0.333 e. The molecule has 1 unspecified atom stereocenters. The highest BCUT2D eigenvalue weighted by Gasteiger charge is 2.62. The molecule has 1 saturated carbocycles. The van der Waals surface area contributed by atoms with Gasteiger partial charge >= 0.3 is 6.18 Å². The largest absolute Gasteiger partial charge is 0.431 e. The van der Waals surface area contributed by atoms with Crippen molar-refractivity contribution in [2.45, 2.75) is 75.7 Å². The fourth-order valence-electron chi connectivity index (χ4n) is 3.23. The van der Waals surface area contributed by atoms with Crippen LogP contribution in [0.5, 0.6) is 0 Å². The fraction of sp³-hybridized carbons (Fsp3) is 0.824. The summed E-state index contributed by atoms with van der Waals surface area (Å²) in [5, 5.41) is 0. The number of amides is 1. The molecule has 0 N–H and O–H groups in total. The van der Waals surface area contributed by atoms with Gasteiger partial charge in [-0.15, -0.1) is 6.58 Å². The molecule has 8 heteroatoms. The van der Waals surface area contributed by atoms with Crippen molar-refractivity contribution in [1.29, 1.82) is 0 Å². The van der Waals surface area contributed by atoms with E-state index in [9.17, 15) is 26.9 Å². The molecule has 0 aliphatic heterocycles. The number of rotatable bonds is 10. The first-order valence-electron chi connectivity index (χ1n) is 8.69. The summed E-state index contributed by atoms with van der Waals surface area (Å²) in [6, 6.07) is -0.392. The van der Waals surface area contributed by atoms with Gasteiger partial charge in [0.25, 0.3) is 11.6 Å². The number of nitrogens with zero attached hydrogens (tertiary/aromatic N) is 1. The minimum atomic E-state index is -5.30. The van der Waals surface area contributed by atoms with E-state index in [1.165, 1.54) is 6.08 Å². The van der Waals surface area contributed by atoms with Crippen molar-refractivity contribution in [3.05, 3.63) is 12.7 Å². The van der Waals surface area contributed by atoms with Gasteiger partial charge in [0.15, 0.2) is 0 Å². The molecule has 0 heterocycles. The second-order valence-corrected chi connectivity index (χ2v) is 6.46. The molecule has 1 aliphatic rings. The van der Waals surface area contributed by atoms with Crippen LogP contribution in [0.1, 0.15) is 57.8 Å². The summed E-state index contributed by atoms with van der Waals surface area (Å²) in [5.74, 6) is -1.53. The van der Waals surface area contributed by atoms with E-state index in [4.69, 9.17) is 0 Å². The van der Waals surface area contributed by atoms with Gasteiger partial charge < -0.3 is 4.90 Å². The molecule has 1 fully saturated rings. The topological polar surface area (TPSA) is 29.5 Å². The minimum absolute atomic E-state index is 0.110. The summed E-state index contributed by atoms with van der Waals surface area (Å²) in [4.78, 5) is 16.8. The zero-order valence-corrected chi connectivity index (χ0v) is 14.3. The number of alkyl halides is 4. The van der Waals surface area contributed by atoms with Gasteiger partial charge in [0.05, 0.1) is 6.61 Å². The molecule has 1 amide bonds. The molecule has 0 spiro atoms. The maximum atomic E-state index is 14.9. The second kappa shape index (κ2) is 10.1. The number of carbonyl (C=O) groups is 1. The Bertz CT molecular complexity index is 424. The van der Waals surface area contributed by atoms with Crippen LogP contribution in [0.4, 0.5) is 22.1 Å². The Kier molecular flexibility index (Phi) is 8.82. The van der Waals surface area contributed by atoms with Gasteiger partial charge in [-0.05, 0) is 36.6 Å². The van der Waals surface area contributed by atoms with E-state index in [-0.39, 0.29) is 32.4 Å². The lowest BCUT2D eigenvalue weighted by Crippen LogP contribution is -2.57. The lowest BCUT2D eigenvalue weighted by molar-refractivity contribution is -0.235. The highest BCUT2D eigenvalue weighted by Crippen LogP contribution is 2.41. The number of hydrogen-bond donors (Lipinski definition) is 0. The van der Waals surface area contributed by atoms with Crippen LogP contribution in [0.3, 0.4) is 0 Å². The number of carbonyl (C=O) groups excluding carboxylic acids is 1. The minimum Gasteiger partial charge on any atom is -0.333 e. The van der Waals surface area contributed by atoms with Crippen LogP contribution in [0.15, 0.2) is 12.7 Å². The normalized spacial score (nSPS) is 18.6. The number of hydrogen-bond acceptors (Lipinski definition) is 2. The van der Waals surface area contributed by atoms with Gasteiger partial charge in [-0.1, -0.05) is 31.8 Å². The first kappa shape index (κ1) is 21.9. The van der Waals surface area contributed by atoms with E-state index in [0.717, 1.165) is 24.2 Å². The Labute approximate surface area is 145 Å². The summed E-state index contributed by atoms with van der Waals surface area (Å²) in [5.41, 5.74) is -3.93. The highest BCUT2D eigenvalue weighted by atomic mass is 19.4. The van der Waals surface area contributed by atoms with E-state index in [1.54, 1.807) is 0 Å². The van der Waals surface area contributed by atoms with Crippen molar-refractivity contribution >= 4 is 5.91 Å². The third kappa shape index (κ3) is 5.94. The standard InChI is InChI=1S/C17H26F5NO2/c1-2-12-23(14-9-5-3-6-10-14)15(24)16(18,17(19,20)21)11-7-4-8-13-25-22/h2,14H,1,3-13H2. The SMILES string of the molecule is C=CCN(C(=O)C(F)(CCCCCOF)C(F)(F)F)C1CCCCC1. The average Bonchev–Trinajstić information content (AvgIpc) is 2.58. The van der Waals surface area contributed by atoms with E-state index >= 15 is 0 Å². The molecule has 1 aliphatic carbocycles. The third-order valence-electron chi connectivity index (χ3n) is 4.63. The molecule has 0 aromatic carbocycles. The van der Waals surface area contributed by atoms with Crippen LogP contribution in [0, 0.1) is 0 Å². The predicted molar refractivity (Wildman–Crippen MR) is 84.2 cm³/mol. The Morgan fingerprint density at radius 3 is 2.28 bits per heavy atom. The lowest BCUT2D eigenvalue weighted by atomic mass is 9.90.